The number of hydrogen-bond donors (Lipinski definition) is 1. The summed E-state index contributed by atoms with van der Waals surface area (Å²) < 4.78 is 0. The summed E-state index contributed by atoms with van der Waals surface area (Å²) in [6.07, 6.45) is 1.78. The lowest BCUT2D eigenvalue weighted by atomic mass is 10.4. The molecule has 0 aromatic carbocycles. The van der Waals surface area contributed by atoms with Gasteiger partial charge in [-0.05, 0) is 12.8 Å². The number of nitrogens with two attached hydrogens (primary N) is 1. The minimum absolute atomic E-state index is 0. The molecule has 2 nitrogen and oxygen atoms in total. The molecule has 1 aliphatic carbocycles. The van der Waals surface area contributed by atoms with Crippen molar-refractivity contribution in [1.29, 1.82) is 5.26 Å². The summed E-state index contributed by atoms with van der Waals surface area (Å²) in [5, 5.41) is 8.09. The minimum atomic E-state index is -0.403. The maximum atomic E-state index is 8.09. The van der Waals surface area contributed by atoms with Crippen LogP contribution in [-0.4, -0.2) is 5.54 Å². The Morgan fingerprint density at radius 3 is 2.00 bits per heavy atom. The molecule has 40 valence electrons. The van der Waals surface area contributed by atoms with E-state index in [1.54, 1.807) is 0 Å². The molecule has 0 aliphatic heterocycles. The lowest BCUT2D eigenvalue weighted by molar-refractivity contribution is 0.872. The summed E-state index contributed by atoms with van der Waals surface area (Å²) in [5.41, 5.74) is 4.88. The van der Waals surface area contributed by atoms with Crippen molar-refractivity contribution in [1.82, 2.24) is 0 Å². The average Bonchev–Trinajstić information content (AvgIpc) is 2.22. The minimum Gasteiger partial charge on any atom is -0.313 e. The van der Waals surface area contributed by atoms with Crippen molar-refractivity contribution in [2.45, 2.75) is 25.8 Å². The van der Waals surface area contributed by atoms with Crippen LogP contribution in [0, 0.1) is 11.3 Å². The normalized spacial score (nSPS) is 21.7. The van der Waals surface area contributed by atoms with Gasteiger partial charge in [-0.25, -0.2) is 0 Å². The lowest BCUT2D eigenvalue weighted by Gasteiger charge is -1.84. The zero-order chi connectivity index (χ0) is 4.62. The highest BCUT2D eigenvalue weighted by Crippen LogP contribution is 2.30. The monoisotopic (exact) mass is 98.1 g/mol. The van der Waals surface area contributed by atoms with Crippen LogP contribution in [0.5, 0.6) is 0 Å². The zero-order valence-corrected chi connectivity index (χ0v) is 3.44. The summed E-state index contributed by atoms with van der Waals surface area (Å²) >= 11 is 0. The SMILES string of the molecule is C.N#CC1(N)CC1. The molecular formula is C5H10N2. The molecule has 0 spiro atoms. The molecule has 7 heavy (non-hydrogen) atoms. The van der Waals surface area contributed by atoms with Crippen molar-refractivity contribution in [2.75, 3.05) is 0 Å². The smallest absolute Gasteiger partial charge is 0.104 e. The molecule has 0 radical (unpaired) electrons. The molecule has 1 aliphatic rings. The fourth-order valence-corrected chi connectivity index (χ4v) is 0.246. The maximum absolute atomic E-state index is 8.09. The van der Waals surface area contributed by atoms with Crippen LogP contribution in [0.3, 0.4) is 0 Å². The zero-order valence-electron chi connectivity index (χ0n) is 3.44. The summed E-state index contributed by atoms with van der Waals surface area (Å²) in [6.45, 7) is 0. The topological polar surface area (TPSA) is 49.8 Å². The van der Waals surface area contributed by atoms with Gasteiger partial charge in [-0.15, -0.1) is 0 Å². The molecule has 2 heteroatoms. The quantitative estimate of drug-likeness (QED) is 0.483. The fraction of sp³-hybridized carbons (Fsp3) is 0.800. The highest BCUT2D eigenvalue weighted by Gasteiger charge is 2.38. The second-order valence-electron chi connectivity index (χ2n) is 1.77. The van der Waals surface area contributed by atoms with Gasteiger partial charge in [0, 0.05) is 0 Å². The molecule has 0 bridgehead atoms. The molecule has 0 aromatic heterocycles. The van der Waals surface area contributed by atoms with Gasteiger partial charge in [-0.1, -0.05) is 7.43 Å². The van der Waals surface area contributed by atoms with E-state index in [-0.39, 0.29) is 7.43 Å². The molecule has 0 heterocycles. The van der Waals surface area contributed by atoms with Crippen molar-refractivity contribution in [2.24, 2.45) is 5.73 Å². The molecule has 0 amide bonds. The number of nitriles is 1. The van der Waals surface area contributed by atoms with E-state index in [9.17, 15) is 0 Å². The van der Waals surface area contributed by atoms with E-state index < -0.39 is 5.54 Å². The van der Waals surface area contributed by atoms with E-state index in [1.807, 2.05) is 6.07 Å². The Balaban J connectivity index is 0.000000360. The molecule has 1 rings (SSSR count). The first-order valence-corrected chi connectivity index (χ1v) is 1.97. The Bertz CT molecular complexity index is 97.1. The van der Waals surface area contributed by atoms with Crippen LogP contribution in [0.1, 0.15) is 20.3 Å². The molecule has 0 atom stereocenters. The van der Waals surface area contributed by atoms with Gasteiger partial charge in [-0.2, -0.15) is 5.26 Å². The third-order valence-corrected chi connectivity index (χ3v) is 1.01. The predicted molar refractivity (Wildman–Crippen MR) is 28.5 cm³/mol. The molecule has 1 saturated carbocycles. The first-order chi connectivity index (χ1) is 2.77. The first kappa shape index (κ1) is 6.45. The third kappa shape index (κ3) is 1.17. The van der Waals surface area contributed by atoms with Crippen LogP contribution < -0.4 is 5.73 Å². The Labute approximate surface area is 43.9 Å². The second-order valence-corrected chi connectivity index (χ2v) is 1.77. The van der Waals surface area contributed by atoms with Crippen LogP contribution in [0.25, 0.3) is 0 Å². The van der Waals surface area contributed by atoms with Crippen LogP contribution in [0.15, 0.2) is 0 Å². The Kier molecular flexibility index (Phi) is 1.39. The van der Waals surface area contributed by atoms with Gasteiger partial charge in [0.2, 0.25) is 0 Å². The van der Waals surface area contributed by atoms with Crippen molar-refractivity contribution >= 4 is 0 Å². The van der Waals surface area contributed by atoms with Gasteiger partial charge in [0.15, 0.2) is 0 Å². The van der Waals surface area contributed by atoms with E-state index in [4.69, 9.17) is 11.0 Å². The van der Waals surface area contributed by atoms with Crippen molar-refractivity contribution in [3.05, 3.63) is 0 Å². The second kappa shape index (κ2) is 1.51. The third-order valence-electron chi connectivity index (χ3n) is 1.01. The highest BCUT2D eigenvalue weighted by molar-refractivity contribution is 5.15. The van der Waals surface area contributed by atoms with Gasteiger partial charge in [0.1, 0.15) is 5.54 Å². The van der Waals surface area contributed by atoms with Gasteiger partial charge in [0.05, 0.1) is 6.07 Å². The largest absolute Gasteiger partial charge is 0.313 e. The maximum Gasteiger partial charge on any atom is 0.104 e. The van der Waals surface area contributed by atoms with Gasteiger partial charge in [-0.3, -0.25) is 0 Å². The van der Waals surface area contributed by atoms with Crippen LogP contribution in [0.2, 0.25) is 0 Å². The summed E-state index contributed by atoms with van der Waals surface area (Å²) in [5.74, 6) is 0. The molecule has 1 fully saturated rings. The van der Waals surface area contributed by atoms with Crippen molar-refractivity contribution < 1.29 is 0 Å². The number of nitrogens with zero attached hydrogens (tertiary/aromatic N) is 1. The van der Waals surface area contributed by atoms with Gasteiger partial charge in [0.25, 0.3) is 0 Å². The summed E-state index contributed by atoms with van der Waals surface area (Å²) in [4.78, 5) is 0. The Morgan fingerprint density at radius 1 is 1.57 bits per heavy atom. The summed E-state index contributed by atoms with van der Waals surface area (Å²) in [7, 11) is 0. The fourth-order valence-electron chi connectivity index (χ4n) is 0.246. The Hall–Kier alpha value is -0.550. The molecule has 0 unspecified atom stereocenters. The standard InChI is InChI=1S/C4H6N2.CH4/c5-3-4(6)1-2-4;/h1-2,6H2;1H4. The average molecular weight is 98.1 g/mol. The van der Waals surface area contributed by atoms with Gasteiger partial charge >= 0.3 is 0 Å². The first-order valence-electron chi connectivity index (χ1n) is 1.97. The molecular weight excluding hydrogens is 88.1 g/mol. The van der Waals surface area contributed by atoms with E-state index in [1.165, 1.54) is 0 Å². The number of hydrogen-bond acceptors (Lipinski definition) is 2. The van der Waals surface area contributed by atoms with Crippen LogP contribution in [-0.2, 0) is 0 Å². The van der Waals surface area contributed by atoms with Crippen molar-refractivity contribution in [3.63, 3.8) is 0 Å². The lowest BCUT2D eigenvalue weighted by Crippen LogP contribution is -2.17. The molecule has 2 N–H and O–H groups in total. The Morgan fingerprint density at radius 2 is 2.00 bits per heavy atom. The predicted octanol–water partition coefficient (Wildman–Crippen LogP) is 0.637. The number of rotatable bonds is 0. The van der Waals surface area contributed by atoms with Crippen LogP contribution >= 0.6 is 0 Å². The van der Waals surface area contributed by atoms with E-state index in [0.717, 1.165) is 12.8 Å². The van der Waals surface area contributed by atoms with Crippen LogP contribution in [0.4, 0.5) is 0 Å². The molecule has 0 saturated heterocycles. The highest BCUT2D eigenvalue weighted by atomic mass is 14.8. The van der Waals surface area contributed by atoms with Gasteiger partial charge < -0.3 is 5.73 Å². The summed E-state index contributed by atoms with van der Waals surface area (Å²) in [6, 6.07) is 1.99. The van der Waals surface area contributed by atoms with E-state index in [0.29, 0.717) is 0 Å². The van der Waals surface area contributed by atoms with E-state index in [2.05, 4.69) is 0 Å². The van der Waals surface area contributed by atoms with Crippen molar-refractivity contribution in [3.8, 4) is 6.07 Å². The molecule has 0 aromatic rings. The van der Waals surface area contributed by atoms with E-state index >= 15 is 0 Å².